The van der Waals surface area contributed by atoms with Crippen LogP contribution in [0.1, 0.15) is 40.0 Å². The molecule has 0 aliphatic carbocycles. The molecule has 2 heterocycles. The van der Waals surface area contributed by atoms with Crippen LogP contribution in [0.25, 0.3) is 0 Å². The molecule has 0 aromatic carbocycles. The van der Waals surface area contributed by atoms with Gasteiger partial charge in [0.05, 0.1) is 0 Å². The minimum Gasteiger partial charge on any atom is -0.364 e. The van der Waals surface area contributed by atoms with E-state index < -0.39 is 5.91 Å². The highest BCUT2D eigenvalue weighted by Crippen LogP contribution is 2.25. The van der Waals surface area contributed by atoms with E-state index in [0.717, 1.165) is 25.9 Å². The van der Waals surface area contributed by atoms with E-state index in [-0.39, 0.29) is 23.5 Å². The van der Waals surface area contributed by atoms with E-state index in [0.29, 0.717) is 12.1 Å². The van der Waals surface area contributed by atoms with Gasteiger partial charge in [0.2, 0.25) is 5.91 Å². The first-order chi connectivity index (χ1) is 10.8. The number of amides is 2. The van der Waals surface area contributed by atoms with Gasteiger partial charge in [0.15, 0.2) is 0 Å². The molecule has 23 heavy (non-hydrogen) atoms. The number of dihydropyridines is 1. The van der Waals surface area contributed by atoms with Crippen molar-refractivity contribution >= 4 is 11.8 Å². The second kappa shape index (κ2) is 7.17. The number of nitrogens with two attached hydrogens (primary N) is 1. The second-order valence-corrected chi connectivity index (χ2v) is 7.44. The molecule has 1 fully saturated rings. The first kappa shape index (κ1) is 17.5. The van der Waals surface area contributed by atoms with E-state index in [1.54, 1.807) is 12.2 Å². The van der Waals surface area contributed by atoms with Crippen LogP contribution in [-0.4, -0.2) is 42.0 Å². The molecule has 1 saturated heterocycles. The van der Waals surface area contributed by atoms with Crippen LogP contribution < -0.4 is 16.4 Å². The largest absolute Gasteiger partial charge is 0.364 e. The summed E-state index contributed by atoms with van der Waals surface area (Å²) in [5, 5.41) is 6.43. The molecule has 6 heteroatoms. The lowest BCUT2D eigenvalue weighted by Gasteiger charge is -2.41. The molecular weight excluding hydrogens is 292 g/mol. The Labute approximate surface area is 138 Å². The lowest BCUT2D eigenvalue weighted by atomic mass is 9.90. The third kappa shape index (κ3) is 4.82. The molecule has 2 amide bonds. The van der Waals surface area contributed by atoms with Gasteiger partial charge >= 0.3 is 0 Å². The Hall–Kier alpha value is -1.82. The third-order valence-corrected chi connectivity index (χ3v) is 4.10. The zero-order chi connectivity index (χ0) is 17.0. The lowest BCUT2D eigenvalue weighted by Crippen LogP contribution is -2.56. The third-order valence-electron chi connectivity index (χ3n) is 4.10. The van der Waals surface area contributed by atoms with Gasteiger partial charge in [-0.05, 0) is 43.5 Å². The maximum atomic E-state index is 12.9. The summed E-state index contributed by atoms with van der Waals surface area (Å²) in [6.07, 6.45) is 7.33. The number of nitrogens with zero attached hydrogens (tertiary/aromatic N) is 1. The number of hydrogen-bond donors (Lipinski definition) is 3. The Balaban J connectivity index is 2.19. The van der Waals surface area contributed by atoms with Gasteiger partial charge in [-0.1, -0.05) is 26.8 Å². The van der Waals surface area contributed by atoms with Crippen LogP contribution in [0.15, 0.2) is 23.9 Å². The molecule has 0 aromatic rings. The van der Waals surface area contributed by atoms with E-state index in [9.17, 15) is 9.59 Å². The van der Waals surface area contributed by atoms with Crippen molar-refractivity contribution in [2.45, 2.75) is 52.2 Å². The van der Waals surface area contributed by atoms with Gasteiger partial charge in [0.1, 0.15) is 11.9 Å². The summed E-state index contributed by atoms with van der Waals surface area (Å²) in [6.45, 7) is 7.98. The number of piperidine rings is 1. The Morgan fingerprint density at radius 1 is 1.30 bits per heavy atom. The van der Waals surface area contributed by atoms with Gasteiger partial charge in [-0.15, -0.1) is 0 Å². The van der Waals surface area contributed by atoms with Gasteiger partial charge in [0, 0.05) is 12.5 Å². The van der Waals surface area contributed by atoms with E-state index in [1.165, 1.54) is 0 Å². The monoisotopic (exact) mass is 320 g/mol. The topological polar surface area (TPSA) is 87.5 Å². The molecular formula is C17H28N4O2. The molecule has 2 rings (SSSR count). The van der Waals surface area contributed by atoms with Gasteiger partial charge in [-0.25, -0.2) is 0 Å². The van der Waals surface area contributed by atoms with Crippen LogP contribution in [0.4, 0.5) is 0 Å². The van der Waals surface area contributed by atoms with Crippen LogP contribution in [0, 0.1) is 5.41 Å². The predicted octanol–water partition coefficient (Wildman–Crippen LogP) is 0.858. The highest BCUT2D eigenvalue weighted by atomic mass is 16.2. The predicted molar refractivity (Wildman–Crippen MR) is 90.2 cm³/mol. The summed E-state index contributed by atoms with van der Waals surface area (Å²) >= 11 is 0. The summed E-state index contributed by atoms with van der Waals surface area (Å²) in [6, 6.07) is 0.167. The van der Waals surface area contributed by atoms with Crippen molar-refractivity contribution in [3.05, 3.63) is 23.9 Å². The molecule has 6 nitrogen and oxygen atoms in total. The summed E-state index contributed by atoms with van der Waals surface area (Å²) in [7, 11) is 0. The van der Waals surface area contributed by atoms with E-state index >= 15 is 0 Å². The van der Waals surface area contributed by atoms with Crippen molar-refractivity contribution in [2.75, 3.05) is 13.1 Å². The Morgan fingerprint density at radius 2 is 1.96 bits per heavy atom. The zero-order valence-corrected chi connectivity index (χ0v) is 14.3. The van der Waals surface area contributed by atoms with Gasteiger partial charge < -0.3 is 21.3 Å². The van der Waals surface area contributed by atoms with Crippen molar-refractivity contribution in [2.24, 2.45) is 11.1 Å². The minimum atomic E-state index is -0.507. The van der Waals surface area contributed by atoms with Crippen molar-refractivity contribution in [1.29, 1.82) is 0 Å². The first-order valence-corrected chi connectivity index (χ1v) is 8.24. The second-order valence-electron chi connectivity index (χ2n) is 7.44. The van der Waals surface area contributed by atoms with Crippen molar-refractivity contribution in [3.63, 3.8) is 0 Å². The Kier molecular flexibility index (Phi) is 5.46. The average molecular weight is 320 g/mol. The fraction of sp³-hybridized carbons (Fsp3) is 0.647. The standard InChI is InChI=1S/C17H28N4O2/c1-17(2,3)11-15(22)21(12-7-9-19-10-8-12)14-6-4-5-13(20-14)16(18)23/h4-6,12,14,19-20H,7-11H2,1-3H3,(H2,18,23). The van der Waals surface area contributed by atoms with Gasteiger partial charge in [-0.3, -0.25) is 9.59 Å². The molecule has 0 spiro atoms. The summed E-state index contributed by atoms with van der Waals surface area (Å²) < 4.78 is 0. The van der Waals surface area contributed by atoms with E-state index in [2.05, 4.69) is 31.4 Å². The van der Waals surface area contributed by atoms with Gasteiger partial charge in [0.25, 0.3) is 5.91 Å². The highest BCUT2D eigenvalue weighted by molar-refractivity contribution is 5.92. The van der Waals surface area contributed by atoms with Crippen LogP contribution >= 0.6 is 0 Å². The number of nitrogens with one attached hydrogen (secondary N) is 2. The van der Waals surface area contributed by atoms with Crippen LogP contribution in [0.3, 0.4) is 0 Å². The molecule has 0 aromatic heterocycles. The minimum absolute atomic E-state index is 0.0804. The molecule has 2 aliphatic heterocycles. The molecule has 4 N–H and O–H groups in total. The normalized spacial score (nSPS) is 22.2. The number of primary amides is 1. The number of allylic oxidation sites excluding steroid dienone is 2. The molecule has 128 valence electrons. The average Bonchev–Trinajstić information content (AvgIpc) is 2.47. The van der Waals surface area contributed by atoms with E-state index in [4.69, 9.17) is 5.73 Å². The molecule has 0 saturated carbocycles. The summed E-state index contributed by atoms with van der Waals surface area (Å²) in [5.74, 6) is -0.398. The zero-order valence-electron chi connectivity index (χ0n) is 14.3. The molecule has 1 unspecified atom stereocenters. The number of rotatable bonds is 4. The summed E-state index contributed by atoms with van der Waals surface area (Å²) in [5.41, 5.74) is 5.64. The SMILES string of the molecule is CC(C)(C)CC(=O)N(C1CCNCC1)C1C=CC=C(C(N)=O)N1. The number of hydrogen-bond acceptors (Lipinski definition) is 4. The quantitative estimate of drug-likeness (QED) is 0.717. The molecule has 2 aliphatic rings. The van der Waals surface area contributed by atoms with Crippen LogP contribution in [0.5, 0.6) is 0 Å². The summed E-state index contributed by atoms with van der Waals surface area (Å²) in [4.78, 5) is 26.3. The highest BCUT2D eigenvalue weighted by Gasteiger charge is 2.33. The molecule has 0 bridgehead atoms. The van der Waals surface area contributed by atoms with Crippen molar-refractivity contribution < 1.29 is 9.59 Å². The fourth-order valence-corrected chi connectivity index (χ4v) is 3.04. The fourth-order valence-electron chi connectivity index (χ4n) is 3.04. The van der Waals surface area contributed by atoms with Crippen LogP contribution in [0.2, 0.25) is 0 Å². The number of carbonyl (C=O) groups is 2. The van der Waals surface area contributed by atoms with Crippen molar-refractivity contribution in [3.8, 4) is 0 Å². The maximum absolute atomic E-state index is 12.9. The van der Waals surface area contributed by atoms with Crippen molar-refractivity contribution in [1.82, 2.24) is 15.5 Å². The Morgan fingerprint density at radius 3 is 2.52 bits per heavy atom. The lowest BCUT2D eigenvalue weighted by molar-refractivity contribution is -0.138. The van der Waals surface area contributed by atoms with Crippen LogP contribution in [-0.2, 0) is 9.59 Å². The number of carbonyl (C=O) groups excluding carboxylic acids is 2. The Bertz CT molecular complexity index is 513. The molecule has 1 atom stereocenters. The molecule has 0 radical (unpaired) electrons. The van der Waals surface area contributed by atoms with Gasteiger partial charge in [-0.2, -0.15) is 0 Å². The smallest absolute Gasteiger partial charge is 0.264 e. The first-order valence-electron chi connectivity index (χ1n) is 8.24. The van der Waals surface area contributed by atoms with E-state index in [1.807, 2.05) is 11.0 Å². The maximum Gasteiger partial charge on any atom is 0.264 e.